The van der Waals surface area contributed by atoms with Gasteiger partial charge >= 0.3 is 0 Å². The number of benzene rings is 2. The normalized spacial score (nSPS) is 11.8. The van der Waals surface area contributed by atoms with E-state index in [0.29, 0.717) is 31.7 Å². The fourth-order valence-corrected chi connectivity index (χ4v) is 4.00. The third-order valence-corrected chi connectivity index (χ3v) is 5.77. The highest BCUT2D eigenvalue weighted by Crippen LogP contribution is 2.27. The molecule has 0 spiro atoms. The predicted octanol–water partition coefficient (Wildman–Crippen LogP) is 3.31. The number of nitrogens with one attached hydrogen (secondary N) is 2. The van der Waals surface area contributed by atoms with E-state index < -0.39 is 15.9 Å². The minimum atomic E-state index is -3.56. The Labute approximate surface area is 154 Å². The van der Waals surface area contributed by atoms with E-state index in [1.54, 1.807) is 17.6 Å². The summed E-state index contributed by atoms with van der Waals surface area (Å²) in [5, 5.41) is 10.4. The van der Waals surface area contributed by atoms with Crippen LogP contribution in [0.1, 0.15) is 51.0 Å². The SMILES string of the molecule is CC(C)c1cccc2cc(S(=O)(=O)NCCCCCC(=O)NO)ccc12. The van der Waals surface area contributed by atoms with Crippen LogP contribution in [0.25, 0.3) is 10.8 Å². The Kier molecular flexibility index (Phi) is 7.14. The minimum absolute atomic E-state index is 0.228. The molecular weight excluding hydrogens is 352 g/mol. The van der Waals surface area contributed by atoms with Crippen LogP contribution in [-0.2, 0) is 14.8 Å². The van der Waals surface area contributed by atoms with Crippen LogP contribution in [0.5, 0.6) is 0 Å². The molecule has 2 aromatic carbocycles. The van der Waals surface area contributed by atoms with Crippen LogP contribution in [0.2, 0.25) is 0 Å². The first-order chi connectivity index (χ1) is 12.3. The molecule has 0 fully saturated rings. The molecule has 0 heterocycles. The lowest BCUT2D eigenvalue weighted by molar-refractivity contribution is -0.129. The summed E-state index contributed by atoms with van der Waals surface area (Å²) < 4.78 is 27.5. The smallest absolute Gasteiger partial charge is 0.243 e. The van der Waals surface area contributed by atoms with Crippen LogP contribution in [0.15, 0.2) is 41.3 Å². The number of unbranched alkanes of at least 4 members (excludes halogenated alkanes) is 2. The molecule has 0 bridgehead atoms. The molecule has 7 heteroatoms. The lowest BCUT2D eigenvalue weighted by Gasteiger charge is -2.12. The average molecular weight is 378 g/mol. The molecule has 0 aliphatic carbocycles. The van der Waals surface area contributed by atoms with Crippen molar-refractivity contribution >= 4 is 26.7 Å². The van der Waals surface area contributed by atoms with E-state index in [2.05, 4.69) is 24.6 Å². The molecule has 0 atom stereocenters. The molecule has 2 aromatic rings. The van der Waals surface area contributed by atoms with Crippen LogP contribution < -0.4 is 10.2 Å². The van der Waals surface area contributed by atoms with Gasteiger partial charge in [-0.15, -0.1) is 0 Å². The quantitative estimate of drug-likeness (QED) is 0.354. The highest BCUT2D eigenvalue weighted by Gasteiger charge is 2.15. The summed E-state index contributed by atoms with van der Waals surface area (Å²) in [4.78, 5) is 11.1. The summed E-state index contributed by atoms with van der Waals surface area (Å²) in [6, 6.07) is 11.1. The van der Waals surface area contributed by atoms with E-state index >= 15 is 0 Å². The number of sulfonamides is 1. The zero-order chi connectivity index (χ0) is 19.2. The van der Waals surface area contributed by atoms with E-state index in [-0.39, 0.29) is 11.3 Å². The monoisotopic (exact) mass is 378 g/mol. The van der Waals surface area contributed by atoms with Gasteiger partial charge in [0.25, 0.3) is 0 Å². The van der Waals surface area contributed by atoms with Crippen molar-refractivity contribution in [1.29, 1.82) is 0 Å². The topological polar surface area (TPSA) is 95.5 Å². The molecule has 0 saturated carbocycles. The molecule has 0 aromatic heterocycles. The van der Waals surface area contributed by atoms with Gasteiger partial charge in [0, 0.05) is 13.0 Å². The van der Waals surface area contributed by atoms with Crippen LogP contribution in [-0.4, -0.2) is 26.1 Å². The fraction of sp³-hybridized carbons (Fsp3) is 0.421. The van der Waals surface area contributed by atoms with Crippen molar-refractivity contribution in [3.63, 3.8) is 0 Å². The first-order valence-corrected chi connectivity index (χ1v) is 10.3. The van der Waals surface area contributed by atoms with E-state index in [9.17, 15) is 13.2 Å². The van der Waals surface area contributed by atoms with Gasteiger partial charge in [-0.2, -0.15) is 0 Å². The van der Waals surface area contributed by atoms with E-state index in [1.165, 1.54) is 5.56 Å². The van der Waals surface area contributed by atoms with E-state index in [4.69, 9.17) is 5.21 Å². The van der Waals surface area contributed by atoms with Crippen LogP contribution in [0.3, 0.4) is 0 Å². The summed E-state index contributed by atoms with van der Waals surface area (Å²) >= 11 is 0. The van der Waals surface area contributed by atoms with Crippen LogP contribution in [0, 0.1) is 0 Å². The summed E-state index contributed by atoms with van der Waals surface area (Å²) in [6.07, 6.45) is 2.16. The zero-order valence-electron chi connectivity index (χ0n) is 15.2. The van der Waals surface area contributed by atoms with Gasteiger partial charge in [-0.3, -0.25) is 10.0 Å². The largest absolute Gasteiger partial charge is 0.289 e. The second kappa shape index (κ2) is 9.12. The Morgan fingerprint density at radius 3 is 2.58 bits per heavy atom. The number of hydroxylamine groups is 1. The summed E-state index contributed by atoms with van der Waals surface area (Å²) in [6.45, 7) is 4.55. The Morgan fingerprint density at radius 1 is 1.12 bits per heavy atom. The molecule has 0 aliphatic rings. The first kappa shape index (κ1) is 20.4. The van der Waals surface area contributed by atoms with Gasteiger partial charge in [0.05, 0.1) is 4.90 Å². The summed E-state index contributed by atoms with van der Waals surface area (Å²) in [7, 11) is -3.56. The maximum absolute atomic E-state index is 12.5. The summed E-state index contributed by atoms with van der Waals surface area (Å²) in [5.74, 6) is -0.0605. The molecule has 6 nitrogen and oxygen atoms in total. The molecular formula is C19H26N2O4S. The molecule has 26 heavy (non-hydrogen) atoms. The molecule has 0 unspecified atom stereocenters. The molecule has 0 saturated heterocycles. The maximum Gasteiger partial charge on any atom is 0.243 e. The van der Waals surface area contributed by atoms with Gasteiger partial charge in [0.1, 0.15) is 0 Å². The van der Waals surface area contributed by atoms with Crippen LogP contribution in [0.4, 0.5) is 0 Å². The van der Waals surface area contributed by atoms with Crippen molar-refractivity contribution in [3.05, 3.63) is 42.0 Å². The van der Waals surface area contributed by atoms with Gasteiger partial charge in [0.2, 0.25) is 15.9 Å². The van der Waals surface area contributed by atoms with Gasteiger partial charge in [0.15, 0.2) is 0 Å². The fourth-order valence-electron chi connectivity index (χ4n) is 2.89. The standard InChI is InChI=1S/C19H26N2O4S/c1-14(2)17-8-6-7-15-13-16(10-11-18(15)17)26(24,25)20-12-5-3-4-9-19(22)21-23/h6-8,10-11,13-14,20,23H,3-5,9,12H2,1-2H3,(H,21,22). The lowest BCUT2D eigenvalue weighted by atomic mass is 9.96. The predicted molar refractivity (Wildman–Crippen MR) is 102 cm³/mol. The Hall–Kier alpha value is -1.96. The van der Waals surface area contributed by atoms with Gasteiger partial charge in [-0.05, 0) is 47.2 Å². The van der Waals surface area contributed by atoms with Crippen molar-refractivity contribution in [1.82, 2.24) is 10.2 Å². The molecule has 1 amide bonds. The third-order valence-electron chi connectivity index (χ3n) is 4.32. The minimum Gasteiger partial charge on any atom is -0.289 e. The van der Waals surface area contributed by atoms with Crippen molar-refractivity contribution < 1.29 is 18.4 Å². The Bertz CT molecular complexity index is 863. The number of carbonyl (C=O) groups is 1. The van der Waals surface area contributed by atoms with Crippen molar-refractivity contribution in [2.45, 2.75) is 50.3 Å². The van der Waals surface area contributed by atoms with Gasteiger partial charge in [-0.1, -0.05) is 44.5 Å². The second-order valence-electron chi connectivity index (χ2n) is 6.63. The highest BCUT2D eigenvalue weighted by molar-refractivity contribution is 7.89. The van der Waals surface area contributed by atoms with Crippen molar-refractivity contribution in [2.24, 2.45) is 0 Å². The number of hydrogen-bond donors (Lipinski definition) is 3. The maximum atomic E-state index is 12.5. The number of fused-ring (bicyclic) bond motifs is 1. The van der Waals surface area contributed by atoms with Gasteiger partial charge in [-0.25, -0.2) is 18.6 Å². The zero-order valence-corrected chi connectivity index (χ0v) is 16.0. The summed E-state index contributed by atoms with van der Waals surface area (Å²) in [5.41, 5.74) is 2.78. The molecule has 0 aliphatic heterocycles. The Morgan fingerprint density at radius 2 is 1.88 bits per heavy atom. The molecule has 2 rings (SSSR count). The Balaban J connectivity index is 1.99. The second-order valence-corrected chi connectivity index (χ2v) is 8.40. The van der Waals surface area contributed by atoms with E-state index in [1.807, 2.05) is 18.2 Å². The molecule has 142 valence electrons. The highest BCUT2D eigenvalue weighted by atomic mass is 32.2. The van der Waals surface area contributed by atoms with Gasteiger partial charge < -0.3 is 0 Å². The molecule has 0 radical (unpaired) electrons. The lowest BCUT2D eigenvalue weighted by Crippen LogP contribution is -2.25. The third kappa shape index (κ3) is 5.27. The molecule has 3 N–H and O–H groups in total. The number of amides is 1. The number of hydrogen-bond acceptors (Lipinski definition) is 4. The average Bonchev–Trinajstić information content (AvgIpc) is 2.63. The number of rotatable bonds is 9. The van der Waals surface area contributed by atoms with E-state index in [0.717, 1.165) is 10.8 Å². The van der Waals surface area contributed by atoms with Crippen molar-refractivity contribution in [3.8, 4) is 0 Å². The van der Waals surface area contributed by atoms with Crippen molar-refractivity contribution in [2.75, 3.05) is 6.54 Å². The number of carbonyl (C=O) groups excluding carboxylic acids is 1. The first-order valence-electron chi connectivity index (χ1n) is 8.80. The van der Waals surface area contributed by atoms with Crippen LogP contribution >= 0.6 is 0 Å².